The molecule has 0 heterocycles. The first kappa shape index (κ1) is 25.3. The highest BCUT2D eigenvalue weighted by Gasteiger charge is 2.73. The van der Waals surface area contributed by atoms with E-state index in [0.29, 0.717) is 0 Å². The van der Waals surface area contributed by atoms with Gasteiger partial charge < -0.3 is 0 Å². The molecule has 23 heavy (non-hydrogen) atoms. The van der Waals surface area contributed by atoms with Crippen molar-refractivity contribution in [3.05, 3.63) is 0 Å². The lowest BCUT2D eigenvalue weighted by atomic mass is 10.3. The summed E-state index contributed by atoms with van der Waals surface area (Å²) in [6.07, 6.45) is -6.55. The first-order valence-corrected chi connectivity index (χ1v) is 21.7. The van der Waals surface area contributed by atoms with Gasteiger partial charge in [-0.25, -0.2) is 0 Å². The fourth-order valence-electron chi connectivity index (χ4n) is 2.99. The molecule has 0 saturated carbocycles. The standard InChI is InChI=1S/C12H28Cl6N2Si3/c1-9(2)19(10(3)4)21(13,14)23(17,18)22(15,16)20(11(5)6)12(7)8/h9-12H,1-8H3. The zero-order valence-corrected chi connectivity index (χ0v) is 22.5. The molecule has 0 aliphatic heterocycles. The van der Waals surface area contributed by atoms with Crippen LogP contribution in [0.15, 0.2) is 0 Å². The van der Waals surface area contributed by atoms with Gasteiger partial charge in [0.1, 0.15) is 0 Å². The van der Waals surface area contributed by atoms with E-state index in [9.17, 15) is 0 Å². The number of hydrogen-bond acceptors (Lipinski definition) is 2. The van der Waals surface area contributed by atoms with E-state index in [2.05, 4.69) is 0 Å². The van der Waals surface area contributed by atoms with E-state index < -0.39 is 18.5 Å². The molecular weight excluding hydrogens is 469 g/mol. The maximum atomic E-state index is 6.90. The van der Waals surface area contributed by atoms with Gasteiger partial charge in [-0.2, -0.15) is 0 Å². The second kappa shape index (κ2) is 9.00. The van der Waals surface area contributed by atoms with E-state index in [1.807, 2.05) is 64.5 Å². The van der Waals surface area contributed by atoms with Crippen molar-refractivity contribution in [1.29, 1.82) is 0 Å². The summed E-state index contributed by atoms with van der Waals surface area (Å²) in [7, 11) is 0. The molecule has 0 bridgehead atoms. The van der Waals surface area contributed by atoms with Crippen LogP contribution in [0.4, 0.5) is 0 Å². The van der Waals surface area contributed by atoms with Gasteiger partial charge in [0.2, 0.25) is 0 Å². The van der Waals surface area contributed by atoms with Crippen LogP contribution < -0.4 is 0 Å². The molecule has 0 atom stereocenters. The summed E-state index contributed by atoms with van der Waals surface area (Å²) < 4.78 is 4.04. The Bertz CT molecular complexity index is 341. The van der Waals surface area contributed by atoms with Gasteiger partial charge in [-0.3, -0.25) is 9.13 Å². The van der Waals surface area contributed by atoms with Gasteiger partial charge in [0, 0.05) is 0 Å². The van der Waals surface area contributed by atoms with Gasteiger partial charge in [-0.1, -0.05) is 55.4 Å². The normalized spacial score (nSPS) is 15.1. The van der Waals surface area contributed by atoms with Crippen LogP contribution >= 0.6 is 66.5 Å². The third-order valence-electron chi connectivity index (χ3n) is 3.63. The van der Waals surface area contributed by atoms with E-state index in [1.165, 1.54) is 0 Å². The highest BCUT2D eigenvalue weighted by molar-refractivity contribution is 8.14. The average molecular weight is 497 g/mol. The lowest BCUT2D eigenvalue weighted by molar-refractivity contribution is 0.307. The molecule has 0 aliphatic carbocycles. The number of halogens is 6. The SMILES string of the molecule is CC(C)N(C(C)C)[Si](Cl)(Cl)[Si](Cl)(Cl)[Si](Cl)(Cl)N(C(C)C)C(C)C. The van der Waals surface area contributed by atoms with Crippen molar-refractivity contribution < 1.29 is 0 Å². The highest BCUT2D eigenvalue weighted by atomic mass is 35.8. The minimum absolute atomic E-state index is 0.103. The van der Waals surface area contributed by atoms with Crippen molar-refractivity contribution in [2.45, 2.75) is 79.6 Å². The Morgan fingerprint density at radius 3 is 0.783 bits per heavy atom. The van der Waals surface area contributed by atoms with Crippen molar-refractivity contribution in [2.75, 3.05) is 0 Å². The molecule has 11 heteroatoms. The first-order chi connectivity index (χ1) is 10.0. The fraction of sp³-hybridized carbons (Fsp3) is 1.00. The molecule has 0 amide bonds. The molecule has 0 aromatic carbocycles. The van der Waals surface area contributed by atoms with Crippen LogP contribution in [0.25, 0.3) is 0 Å². The summed E-state index contributed by atoms with van der Waals surface area (Å²) in [4.78, 5) is 0. The summed E-state index contributed by atoms with van der Waals surface area (Å²) in [6, 6.07) is 0.410. The first-order valence-electron chi connectivity index (χ1n) is 7.73. The van der Waals surface area contributed by atoms with Crippen LogP contribution in [0.3, 0.4) is 0 Å². The highest BCUT2D eigenvalue weighted by Crippen LogP contribution is 2.49. The molecule has 2 nitrogen and oxygen atoms in total. The Kier molecular flexibility index (Phi) is 9.90. The predicted octanol–water partition coefficient (Wildman–Crippen LogP) is 6.13. The van der Waals surface area contributed by atoms with E-state index >= 15 is 0 Å². The Balaban J connectivity index is 6.09. The van der Waals surface area contributed by atoms with Crippen LogP contribution in [-0.2, 0) is 0 Å². The van der Waals surface area contributed by atoms with E-state index in [1.54, 1.807) is 0 Å². The summed E-state index contributed by atoms with van der Waals surface area (Å²) in [5, 5.41) is 0. The van der Waals surface area contributed by atoms with Gasteiger partial charge >= 0.3 is 18.5 Å². The van der Waals surface area contributed by atoms with Gasteiger partial charge in [0.15, 0.2) is 0 Å². The van der Waals surface area contributed by atoms with Crippen LogP contribution in [0.2, 0.25) is 0 Å². The Labute approximate surface area is 172 Å². The van der Waals surface area contributed by atoms with Crippen LogP contribution in [0.5, 0.6) is 0 Å². The monoisotopic (exact) mass is 494 g/mol. The maximum absolute atomic E-state index is 6.90. The van der Waals surface area contributed by atoms with Crippen LogP contribution in [0.1, 0.15) is 55.4 Å². The Hall–Kier alpha value is 2.31. The maximum Gasteiger partial charge on any atom is 0.344 e. The molecule has 0 N–H and O–H groups in total. The number of rotatable bonds is 8. The molecule has 140 valence electrons. The molecule has 0 aromatic rings. The topological polar surface area (TPSA) is 6.48 Å². The Morgan fingerprint density at radius 2 is 0.652 bits per heavy atom. The smallest absolute Gasteiger partial charge is 0.296 e. The van der Waals surface area contributed by atoms with Gasteiger partial charge in [0.25, 0.3) is 0 Å². The lowest BCUT2D eigenvalue weighted by Crippen LogP contribution is -2.77. The van der Waals surface area contributed by atoms with Crippen LogP contribution in [0, 0.1) is 0 Å². The summed E-state index contributed by atoms with van der Waals surface area (Å²) in [5.74, 6) is 0. The number of nitrogens with zero attached hydrogens (tertiary/aromatic N) is 2. The molecule has 0 saturated heterocycles. The zero-order chi connectivity index (χ0) is 19.0. The molecule has 0 rings (SSSR count). The van der Waals surface area contributed by atoms with Crippen molar-refractivity contribution >= 4 is 84.9 Å². The molecule has 0 fully saturated rings. The van der Waals surface area contributed by atoms with E-state index in [0.717, 1.165) is 0 Å². The molecule has 0 unspecified atom stereocenters. The summed E-state index contributed by atoms with van der Waals surface area (Å²) >= 11 is 41.4. The molecular formula is C12H28Cl6N2Si3. The summed E-state index contributed by atoms with van der Waals surface area (Å²) in [5.41, 5.74) is -3.40. The van der Waals surface area contributed by atoms with E-state index in [4.69, 9.17) is 66.5 Å². The summed E-state index contributed by atoms with van der Waals surface area (Å²) in [6.45, 7) is 16.2. The third kappa shape index (κ3) is 5.18. The largest absolute Gasteiger partial charge is 0.344 e. The number of hydrogen-bond donors (Lipinski definition) is 0. The van der Waals surface area contributed by atoms with E-state index in [-0.39, 0.29) is 24.2 Å². The van der Waals surface area contributed by atoms with Crippen molar-refractivity contribution in [3.8, 4) is 0 Å². The average Bonchev–Trinajstić information content (AvgIpc) is 2.24. The van der Waals surface area contributed by atoms with Crippen LogP contribution in [-0.4, -0.2) is 51.8 Å². The molecule has 0 aliphatic rings. The van der Waals surface area contributed by atoms with Gasteiger partial charge in [-0.05, 0) is 24.2 Å². The molecule has 0 aromatic heterocycles. The second-order valence-corrected chi connectivity index (χ2v) is 40.8. The molecule has 0 radical (unpaired) electrons. The van der Waals surface area contributed by atoms with Crippen molar-refractivity contribution in [2.24, 2.45) is 0 Å². The lowest BCUT2D eigenvalue weighted by Gasteiger charge is -2.50. The second-order valence-electron chi connectivity index (χ2n) is 6.85. The quantitative estimate of drug-likeness (QED) is 0.294. The third-order valence-corrected chi connectivity index (χ3v) is 56.2. The zero-order valence-electron chi connectivity index (χ0n) is 15.0. The van der Waals surface area contributed by atoms with Crippen molar-refractivity contribution in [1.82, 2.24) is 9.13 Å². The minimum atomic E-state index is -3.40. The fourth-order valence-corrected chi connectivity index (χ4v) is 46.5. The molecule has 0 spiro atoms. The van der Waals surface area contributed by atoms with Crippen molar-refractivity contribution in [3.63, 3.8) is 0 Å². The Morgan fingerprint density at radius 1 is 0.478 bits per heavy atom. The predicted molar refractivity (Wildman–Crippen MR) is 117 cm³/mol. The van der Waals surface area contributed by atoms with Gasteiger partial charge in [0.05, 0.1) is 0 Å². The minimum Gasteiger partial charge on any atom is -0.296 e. The van der Waals surface area contributed by atoms with Gasteiger partial charge in [-0.15, -0.1) is 66.5 Å².